The average Bonchev–Trinajstić information content (AvgIpc) is 1.81. The summed E-state index contributed by atoms with van der Waals surface area (Å²) in [7, 11) is 8.25. The van der Waals surface area contributed by atoms with E-state index in [1.807, 2.05) is 172 Å². The van der Waals surface area contributed by atoms with Crippen LogP contribution in [0.5, 0.6) is 0 Å². The van der Waals surface area contributed by atoms with Crippen LogP contribution in [0.4, 0.5) is 4.79 Å². The van der Waals surface area contributed by atoms with E-state index in [-0.39, 0.29) is 71.9 Å². The van der Waals surface area contributed by atoms with Crippen molar-refractivity contribution in [1.82, 2.24) is 15.5 Å². The molecule has 3 fully saturated rings. The number of benzene rings is 6. The summed E-state index contributed by atoms with van der Waals surface area (Å²) in [5, 5.41) is 7.03. The second-order valence-electron chi connectivity index (χ2n) is 22.7. The summed E-state index contributed by atoms with van der Waals surface area (Å²) in [6.45, 7) is 6.11. The second kappa shape index (κ2) is 35.0. The zero-order chi connectivity index (χ0) is 65.2. The molecule has 10 atom stereocenters. The first-order valence-electron chi connectivity index (χ1n) is 29.9. The molecule has 0 aliphatic carbocycles. The summed E-state index contributed by atoms with van der Waals surface area (Å²) < 4.78 is 35.1. The number of ether oxygens (including phenoxy) is 7. The number of hydrogen-bond donors (Lipinski definition) is 2. The third-order valence-electron chi connectivity index (χ3n) is 16.0. The molecule has 1 amide bonds. The van der Waals surface area contributed by atoms with Gasteiger partial charge >= 0.3 is 47.6 Å². The average molecular weight is 1230 g/mol. The molecule has 0 spiro atoms. The fourth-order valence-electron chi connectivity index (χ4n) is 11.8. The Bertz CT molecular complexity index is 3030. The first-order valence-corrected chi connectivity index (χ1v) is 29.9. The highest BCUT2D eigenvalue weighted by Gasteiger charge is 2.44. The van der Waals surface area contributed by atoms with Crippen LogP contribution in [-0.4, -0.2) is 142 Å². The molecule has 6 aromatic carbocycles. The van der Waals surface area contributed by atoms with E-state index >= 15 is 0 Å². The number of esters is 6. The third kappa shape index (κ3) is 19.1. The van der Waals surface area contributed by atoms with Gasteiger partial charge in [0, 0.05) is 30.7 Å². The van der Waals surface area contributed by atoms with Crippen LogP contribution in [0, 0.1) is 0 Å². The standard InChI is InChI=1S/2C22H25NO4.C18H25NO4.C9H8N2O2/c2*1-26-21(24)19(15-9-5-3-6-10-15)17-13-14-18(23-17)20(22(25)27-2)16-11-7-4-8-12-16;1-18(2,3)23-17(21)19-12-8-11-14(19)15(16(20)22-4)13-9-6-5-7-10-13;1-13-9(12)8(11-10)7-5-3-2-4-6-7/h2*3-12,17-20,23H,13-14H2,1-2H3;5-7,9-10,14-15H,8,11-12H2,1-4H3;2-6H,1H3/t17-,18?,19+,20?;17-,18-,19+,20+;14-,15+;/m111./s1. The predicted molar refractivity (Wildman–Crippen MR) is 338 cm³/mol. The number of likely N-dealkylation sites (tertiary alicyclic amines) is 1. The van der Waals surface area contributed by atoms with E-state index in [4.69, 9.17) is 34.0 Å². The van der Waals surface area contributed by atoms with Gasteiger partial charge in [0.25, 0.3) is 0 Å². The number of rotatable bonds is 17. The van der Waals surface area contributed by atoms with Crippen molar-refractivity contribution in [2.24, 2.45) is 0 Å². The Labute approximate surface area is 527 Å². The van der Waals surface area contributed by atoms with Crippen LogP contribution < -0.4 is 10.6 Å². The normalized spacial score (nSPS) is 18.9. The number of hydrogen-bond acceptors (Lipinski definition) is 16. The van der Waals surface area contributed by atoms with Gasteiger partial charge in [0.05, 0.1) is 77.9 Å². The van der Waals surface area contributed by atoms with Gasteiger partial charge in [-0.2, -0.15) is 4.79 Å². The highest BCUT2D eigenvalue weighted by Crippen LogP contribution is 2.37. The van der Waals surface area contributed by atoms with Crippen molar-refractivity contribution in [2.45, 2.75) is 125 Å². The lowest BCUT2D eigenvalue weighted by atomic mass is 9.90. The maximum atomic E-state index is 12.5. The SMILES string of the molecule is COC(=O)C(=[N+]=[N-])c1ccccc1.COC(=O)C(c1ccccc1)C1CC[C@H]([C@@H](C(=O)OC)c2ccccc2)N1.COC(=O)[C@@H](c1ccccc1)[C@H]1CCCN1C(=O)OC(C)(C)C.COC(=O)[C@@H](c1ccccc1)[C@H]1CC[C@H]([C@@H](C(=O)OC)c2ccccc2)N1. The molecule has 19 heteroatoms. The van der Waals surface area contributed by atoms with E-state index in [0.29, 0.717) is 12.1 Å². The summed E-state index contributed by atoms with van der Waals surface area (Å²) in [6, 6.07) is 55.9. The van der Waals surface area contributed by atoms with E-state index < -0.39 is 41.2 Å². The number of methoxy groups -OCH3 is 6. The van der Waals surface area contributed by atoms with Gasteiger partial charge in [-0.25, -0.2) is 9.59 Å². The molecule has 0 saturated carbocycles. The smallest absolute Gasteiger partial charge is 0.422 e. The third-order valence-corrected chi connectivity index (χ3v) is 16.0. The van der Waals surface area contributed by atoms with Gasteiger partial charge in [0.15, 0.2) is 0 Å². The number of nitrogens with zero attached hydrogens (tertiary/aromatic N) is 3. The monoisotopic (exact) mass is 1230 g/mol. The van der Waals surface area contributed by atoms with Crippen molar-refractivity contribution in [2.75, 3.05) is 49.2 Å². The van der Waals surface area contributed by atoms with Crippen molar-refractivity contribution in [3.05, 3.63) is 221 Å². The predicted octanol–water partition coefficient (Wildman–Crippen LogP) is 10.3. The molecule has 3 saturated heterocycles. The van der Waals surface area contributed by atoms with Crippen LogP contribution in [0.3, 0.4) is 0 Å². The molecule has 9 rings (SSSR count). The van der Waals surface area contributed by atoms with Crippen LogP contribution in [0.25, 0.3) is 5.53 Å². The quantitative estimate of drug-likeness (QED) is 0.0283. The van der Waals surface area contributed by atoms with Gasteiger partial charge in [0.2, 0.25) is 0 Å². The van der Waals surface area contributed by atoms with Crippen LogP contribution in [0.2, 0.25) is 0 Å². The molecule has 3 heterocycles. The molecule has 2 unspecified atom stereocenters. The molecule has 90 heavy (non-hydrogen) atoms. The van der Waals surface area contributed by atoms with E-state index in [2.05, 4.69) is 20.2 Å². The topological polar surface area (TPSA) is 248 Å². The van der Waals surface area contributed by atoms with Crippen molar-refractivity contribution < 1.29 is 71.5 Å². The van der Waals surface area contributed by atoms with E-state index in [9.17, 15) is 33.6 Å². The Morgan fingerprint density at radius 3 is 0.967 bits per heavy atom. The summed E-state index contributed by atoms with van der Waals surface area (Å²) in [4.78, 5) is 90.3. The molecular weight excluding hydrogens is 1150 g/mol. The number of carbonyl (C=O) groups excluding carboxylic acids is 7. The lowest BCUT2D eigenvalue weighted by molar-refractivity contribution is -0.144. The van der Waals surface area contributed by atoms with Crippen LogP contribution in [-0.2, 0) is 61.9 Å². The van der Waals surface area contributed by atoms with Crippen molar-refractivity contribution in [3.8, 4) is 0 Å². The Morgan fingerprint density at radius 1 is 0.422 bits per heavy atom. The number of nitrogens with one attached hydrogen (secondary N) is 2. The zero-order valence-electron chi connectivity index (χ0n) is 52.6. The summed E-state index contributed by atoms with van der Waals surface area (Å²) in [5.41, 5.74) is 13.0. The number of amides is 1. The zero-order valence-corrected chi connectivity index (χ0v) is 52.6. The Morgan fingerprint density at radius 2 is 0.700 bits per heavy atom. The molecule has 3 aliphatic rings. The van der Waals surface area contributed by atoms with Gasteiger partial charge in [-0.05, 0) is 99.2 Å². The van der Waals surface area contributed by atoms with Gasteiger partial charge in [-0.1, -0.05) is 170 Å². The lowest BCUT2D eigenvalue weighted by Crippen LogP contribution is -2.44. The molecule has 0 aromatic heterocycles. The first-order chi connectivity index (χ1) is 43.4. The molecule has 3 aliphatic heterocycles. The highest BCUT2D eigenvalue weighted by atomic mass is 16.6. The van der Waals surface area contributed by atoms with Crippen molar-refractivity contribution in [3.63, 3.8) is 0 Å². The minimum Gasteiger partial charge on any atom is -0.469 e. The molecule has 476 valence electrons. The summed E-state index contributed by atoms with van der Waals surface area (Å²) in [6.07, 6.45) is 4.35. The molecule has 6 aromatic rings. The van der Waals surface area contributed by atoms with E-state index in [1.165, 1.54) is 42.7 Å². The first kappa shape index (κ1) is 69.8. The summed E-state index contributed by atoms with van der Waals surface area (Å²) in [5.74, 6) is -4.18. The molecule has 2 N–H and O–H groups in total. The van der Waals surface area contributed by atoms with Gasteiger partial charge in [-0.15, -0.1) is 0 Å². The molecule has 0 bridgehead atoms. The molecular formula is C71H83N5O14. The van der Waals surface area contributed by atoms with Crippen molar-refractivity contribution >= 4 is 47.6 Å². The minimum absolute atomic E-state index is 0.0944. The molecule has 0 radical (unpaired) electrons. The Kier molecular flexibility index (Phi) is 27.2. The Balaban J connectivity index is 0.000000196. The van der Waals surface area contributed by atoms with E-state index in [0.717, 1.165) is 66.3 Å². The van der Waals surface area contributed by atoms with Crippen LogP contribution >= 0.6 is 0 Å². The van der Waals surface area contributed by atoms with Crippen LogP contribution in [0.15, 0.2) is 182 Å². The van der Waals surface area contributed by atoms with E-state index in [1.54, 1.807) is 35.2 Å². The Hall–Kier alpha value is -9.29. The maximum Gasteiger partial charge on any atom is 0.422 e. The lowest BCUT2D eigenvalue weighted by Gasteiger charge is -2.32. The van der Waals surface area contributed by atoms with Crippen molar-refractivity contribution in [1.29, 1.82) is 0 Å². The second-order valence-corrected chi connectivity index (χ2v) is 22.7. The molecule has 19 nitrogen and oxygen atoms in total. The van der Waals surface area contributed by atoms with Gasteiger partial charge < -0.3 is 54.2 Å². The minimum atomic E-state index is -0.659. The van der Waals surface area contributed by atoms with Gasteiger partial charge in [0.1, 0.15) is 11.5 Å². The van der Waals surface area contributed by atoms with Gasteiger partial charge in [-0.3, -0.25) is 24.0 Å². The fourth-order valence-corrected chi connectivity index (χ4v) is 11.8. The highest BCUT2D eigenvalue weighted by molar-refractivity contribution is 6.40. The fraction of sp³-hybridized carbons (Fsp3) is 0.380. The number of carbonyl (C=O) groups is 7. The van der Waals surface area contributed by atoms with Crippen LogP contribution in [0.1, 0.15) is 122 Å². The largest absolute Gasteiger partial charge is 0.469 e. The maximum absolute atomic E-state index is 12.5. The summed E-state index contributed by atoms with van der Waals surface area (Å²) >= 11 is 0.